The zero-order chi connectivity index (χ0) is 18.5. The van der Waals surface area contributed by atoms with Gasteiger partial charge in [0, 0.05) is 12.0 Å². The zero-order valence-electron chi connectivity index (χ0n) is 14.3. The van der Waals surface area contributed by atoms with E-state index in [1.165, 1.54) is 0 Å². The molecule has 0 aliphatic carbocycles. The molecule has 3 aromatic rings. The Hall–Kier alpha value is -3.01. The Morgan fingerprint density at radius 1 is 0.846 bits per heavy atom. The molecule has 0 heterocycles. The van der Waals surface area contributed by atoms with Crippen molar-refractivity contribution in [3.63, 3.8) is 0 Å². The van der Waals surface area contributed by atoms with Gasteiger partial charge in [-0.25, -0.2) is 8.78 Å². The SMILES string of the molecule is CC(NC(=O)c1cc(F)ccc1F)C(c1ccccc1)c1ccccc1. The van der Waals surface area contributed by atoms with Gasteiger partial charge in [-0.3, -0.25) is 4.79 Å². The Morgan fingerprint density at radius 2 is 1.38 bits per heavy atom. The number of carbonyl (C=O) groups excluding carboxylic acids is 1. The maximum atomic E-state index is 13.9. The van der Waals surface area contributed by atoms with Crippen LogP contribution in [0.15, 0.2) is 78.9 Å². The summed E-state index contributed by atoms with van der Waals surface area (Å²) in [5.41, 5.74) is 1.77. The van der Waals surface area contributed by atoms with Gasteiger partial charge < -0.3 is 5.32 Å². The van der Waals surface area contributed by atoms with Crippen LogP contribution in [0.3, 0.4) is 0 Å². The van der Waals surface area contributed by atoms with Crippen LogP contribution in [0.5, 0.6) is 0 Å². The minimum absolute atomic E-state index is 0.113. The molecule has 3 rings (SSSR count). The van der Waals surface area contributed by atoms with Crippen LogP contribution in [0.25, 0.3) is 0 Å². The topological polar surface area (TPSA) is 29.1 Å². The van der Waals surface area contributed by atoms with E-state index in [0.717, 1.165) is 29.3 Å². The molecule has 1 amide bonds. The lowest BCUT2D eigenvalue weighted by atomic mass is 9.85. The van der Waals surface area contributed by atoms with E-state index in [9.17, 15) is 13.6 Å². The lowest BCUT2D eigenvalue weighted by Gasteiger charge is -2.26. The number of amides is 1. The van der Waals surface area contributed by atoms with Gasteiger partial charge in [0.15, 0.2) is 0 Å². The van der Waals surface area contributed by atoms with Crippen LogP contribution in [-0.2, 0) is 0 Å². The van der Waals surface area contributed by atoms with Crippen molar-refractivity contribution in [2.45, 2.75) is 18.9 Å². The number of carbonyl (C=O) groups is 1. The third-order valence-corrected chi connectivity index (χ3v) is 4.35. The standard InChI is InChI=1S/C22H19F2NO/c1-15(25-22(26)19-14-18(23)12-13-20(19)24)21(16-8-4-2-5-9-16)17-10-6-3-7-11-17/h2-15,21H,1H3,(H,25,26). The van der Waals surface area contributed by atoms with Gasteiger partial charge >= 0.3 is 0 Å². The third kappa shape index (κ3) is 3.97. The predicted molar refractivity (Wildman–Crippen MR) is 98.0 cm³/mol. The minimum atomic E-state index is -0.743. The molecule has 0 aliphatic rings. The second-order valence-corrected chi connectivity index (χ2v) is 6.19. The fourth-order valence-corrected chi connectivity index (χ4v) is 3.13. The molecule has 0 saturated heterocycles. The van der Waals surface area contributed by atoms with Crippen LogP contribution in [0.2, 0.25) is 0 Å². The predicted octanol–water partition coefficient (Wildman–Crippen LogP) is 4.92. The highest BCUT2D eigenvalue weighted by Crippen LogP contribution is 2.28. The van der Waals surface area contributed by atoms with E-state index < -0.39 is 17.5 Å². The molecule has 26 heavy (non-hydrogen) atoms. The lowest BCUT2D eigenvalue weighted by Crippen LogP contribution is -2.38. The number of hydrogen-bond acceptors (Lipinski definition) is 1. The van der Waals surface area contributed by atoms with Crippen LogP contribution in [0, 0.1) is 11.6 Å². The molecule has 1 atom stereocenters. The van der Waals surface area contributed by atoms with E-state index in [0.29, 0.717) is 0 Å². The monoisotopic (exact) mass is 351 g/mol. The molecule has 3 aromatic carbocycles. The quantitative estimate of drug-likeness (QED) is 0.695. The number of rotatable bonds is 5. The van der Waals surface area contributed by atoms with Crippen molar-refractivity contribution in [3.05, 3.63) is 107 Å². The van der Waals surface area contributed by atoms with Crippen LogP contribution in [0.4, 0.5) is 8.78 Å². The smallest absolute Gasteiger partial charge is 0.254 e. The first-order chi connectivity index (χ1) is 12.6. The number of hydrogen-bond donors (Lipinski definition) is 1. The lowest BCUT2D eigenvalue weighted by molar-refractivity contribution is 0.0932. The molecule has 132 valence electrons. The zero-order valence-corrected chi connectivity index (χ0v) is 14.3. The molecule has 0 saturated carbocycles. The normalized spacial score (nSPS) is 12.0. The minimum Gasteiger partial charge on any atom is -0.349 e. The summed E-state index contributed by atoms with van der Waals surface area (Å²) in [5.74, 6) is -2.14. The number of halogens is 2. The Labute approximate surface area is 151 Å². The van der Waals surface area contributed by atoms with Crippen molar-refractivity contribution >= 4 is 5.91 Å². The highest BCUT2D eigenvalue weighted by Gasteiger charge is 2.24. The number of nitrogens with one attached hydrogen (secondary N) is 1. The molecular formula is C22H19F2NO. The number of benzene rings is 3. The van der Waals surface area contributed by atoms with Crippen molar-refractivity contribution in [1.82, 2.24) is 5.32 Å². The molecule has 1 unspecified atom stereocenters. The van der Waals surface area contributed by atoms with E-state index in [1.54, 1.807) is 0 Å². The van der Waals surface area contributed by atoms with E-state index in [4.69, 9.17) is 0 Å². The average molecular weight is 351 g/mol. The maximum Gasteiger partial charge on any atom is 0.254 e. The van der Waals surface area contributed by atoms with E-state index in [1.807, 2.05) is 67.6 Å². The third-order valence-electron chi connectivity index (χ3n) is 4.35. The van der Waals surface area contributed by atoms with Crippen molar-refractivity contribution in [1.29, 1.82) is 0 Å². The van der Waals surface area contributed by atoms with Gasteiger partial charge in [-0.15, -0.1) is 0 Å². The summed E-state index contributed by atoms with van der Waals surface area (Å²) in [6.07, 6.45) is 0. The summed E-state index contributed by atoms with van der Waals surface area (Å²) < 4.78 is 27.3. The van der Waals surface area contributed by atoms with Gasteiger partial charge in [0.05, 0.1) is 5.56 Å². The van der Waals surface area contributed by atoms with Crippen molar-refractivity contribution in [2.75, 3.05) is 0 Å². The summed E-state index contributed by atoms with van der Waals surface area (Å²) >= 11 is 0. The van der Waals surface area contributed by atoms with E-state index >= 15 is 0 Å². The maximum absolute atomic E-state index is 13.9. The van der Waals surface area contributed by atoms with Gasteiger partial charge in [-0.2, -0.15) is 0 Å². The second-order valence-electron chi connectivity index (χ2n) is 6.19. The highest BCUT2D eigenvalue weighted by molar-refractivity contribution is 5.94. The fraction of sp³-hybridized carbons (Fsp3) is 0.136. The van der Waals surface area contributed by atoms with Gasteiger partial charge in [0.2, 0.25) is 0 Å². The van der Waals surface area contributed by atoms with Crippen LogP contribution < -0.4 is 5.32 Å². The van der Waals surface area contributed by atoms with E-state index in [2.05, 4.69) is 5.32 Å². The molecule has 2 nitrogen and oxygen atoms in total. The Balaban J connectivity index is 1.90. The fourth-order valence-electron chi connectivity index (χ4n) is 3.13. The van der Waals surface area contributed by atoms with Gasteiger partial charge in [0.1, 0.15) is 11.6 Å². The second kappa shape index (κ2) is 7.91. The molecule has 0 spiro atoms. The summed E-state index contributed by atoms with van der Waals surface area (Å²) in [4.78, 5) is 12.5. The molecule has 4 heteroatoms. The summed E-state index contributed by atoms with van der Waals surface area (Å²) in [7, 11) is 0. The highest BCUT2D eigenvalue weighted by atomic mass is 19.1. The molecule has 0 aromatic heterocycles. The summed E-state index contributed by atoms with van der Waals surface area (Å²) in [6.45, 7) is 1.86. The Morgan fingerprint density at radius 3 is 1.92 bits per heavy atom. The Bertz CT molecular complexity index is 842. The van der Waals surface area contributed by atoms with Gasteiger partial charge in [-0.1, -0.05) is 60.7 Å². The average Bonchev–Trinajstić information content (AvgIpc) is 2.65. The first kappa shape index (κ1) is 17.8. The summed E-state index contributed by atoms with van der Waals surface area (Å²) in [6, 6.07) is 22.1. The molecule has 0 aliphatic heterocycles. The summed E-state index contributed by atoms with van der Waals surface area (Å²) in [5, 5.41) is 2.82. The largest absolute Gasteiger partial charge is 0.349 e. The molecular weight excluding hydrogens is 332 g/mol. The molecule has 0 radical (unpaired) electrons. The van der Waals surface area contributed by atoms with Gasteiger partial charge in [0.25, 0.3) is 5.91 Å². The van der Waals surface area contributed by atoms with Crippen molar-refractivity contribution in [2.24, 2.45) is 0 Å². The van der Waals surface area contributed by atoms with Crippen molar-refractivity contribution < 1.29 is 13.6 Å². The van der Waals surface area contributed by atoms with Gasteiger partial charge in [-0.05, 0) is 36.2 Å². The first-order valence-electron chi connectivity index (χ1n) is 8.42. The molecule has 1 N–H and O–H groups in total. The van der Waals surface area contributed by atoms with Crippen molar-refractivity contribution in [3.8, 4) is 0 Å². The molecule has 0 bridgehead atoms. The van der Waals surface area contributed by atoms with Crippen LogP contribution in [0.1, 0.15) is 34.3 Å². The van der Waals surface area contributed by atoms with E-state index in [-0.39, 0.29) is 17.5 Å². The van der Waals surface area contributed by atoms with Crippen LogP contribution >= 0.6 is 0 Å². The molecule has 0 fully saturated rings. The first-order valence-corrected chi connectivity index (χ1v) is 8.42. The Kier molecular flexibility index (Phi) is 5.42. The van der Waals surface area contributed by atoms with Crippen LogP contribution in [-0.4, -0.2) is 11.9 Å².